The molecule has 1 amide bonds. The minimum Gasteiger partial charge on any atom is -0.353 e. The van der Waals surface area contributed by atoms with Crippen molar-refractivity contribution in [3.63, 3.8) is 0 Å². The molecule has 102 valence electrons. The molecule has 2 N–H and O–H groups in total. The Labute approximate surface area is 115 Å². The van der Waals surface area contributed by atoms with Gasteiger partial charge in [-0.25, -0.2) is 4.98 Å². The molecule has 0 unspecified atom stereocenters. The van der Waals surface area contributed by atoms with E-state index in [1.807, 2.05) is 24.3 Å². The van der Waals surface area contributed by atoms with Crippen LogP contribution in [0.4, 0.5) is 4.39 Å². The minimum atomic E-state index is -0.435. The van der Waals surface area contributed by atoms with E-state index < -0.39 is 6.67 Å². The molecule has 1 aromatic carbocycles. The molecule has 0 atom stereocenters. The number of para-hydroxylation sites is 1. The molecule has 0 spiro atoms. The number of carbonyl (C=O) groups is 1. The molecule has 3 rings (SSSR count). The Kier molecular flexibility index (Phi) is 3.33. The average molecular weight is 271 g/mol. The van der Waals surface area contributed by atoms with Gasteiger partial charge in [0.2, 0.25) is 0 Å². The summed E-state index contributed by atoms with van der Waals surface area (Å²) < 4.78 is 12.0. The zero-order valence-electron chi connectivity index (χ0n) is 10.8. The summed E-state index contributed by atoms with van der Waals surface area (Å²) in [6.45, 7) is -0.113. The summed E-state index contributed by atoms with van der Waals surface area (Å²) >= 11 is 0. The monoisotopic (exact) mass is 271 g/mol. The maximum atomic E-state index is 12.0. The molecule has 0 aliphatic rings. The van der Waals surface area contributed by atoms with Crippen LogP contribution in [0.2, 0.25) is 0 Å². The lowest BCUT2D eigenvalue weighted by Crippen LogP contribution is -2.25. The van der Waals surface area contributed by atoms with Gasteiger partial charge in [-0.05, 0) is 18.6 Å². The van der Waals surface area contributed by atoms with Crippen LogP contribution < -0.4 is 5.32 Å². The van der Waals surface area contributed by atoms with Crippen molar-refractivity contribution in [1.29, 1.82) is 0 Å². The van der Waals surface area contributed by atoms with Crippen molar-refractivity contribution < 1.29 is 9.18 Å². The molecule has 0 saturated carbocycles. The molecule has 0 aliphatic carbocycles. The average Bonchev–Trinajstić information content (AvgIpc) is 2.85. The quantitative estimate of drug-likeness (QED) is 0.717. The Hall–Kier alpha value is -2.43. The smallest absolute Gasteiger partial charge is 0.269 e. The highest BCUT2D eigenvalue weighted by Crippen LogP contribution is 2.24. The fourth-order valence-electron chi connectivity index (χ4n) is 2.23. The highest BCUT2D eigenvalue weighted by Gasteiger charge is 2.10. The van der Waals surface area contributed by atoms with E-state index in [9.17, 15) is 9.18 Å². The molecule has 5 heteroatoms. The third-order valence-corrected chi connectivity index (χ3v) is 3.22. The molecule has 2 aromatic heterocycles. The number of amides is 1. The fraction of sp³-hybridized carbons (Fsp3) is 0.200. The predicted molar refractivity (Wildman–Crippen MR) is 76.5 cm³/mol. The number of carbonyl (C=O) groups excluding carboxylic acids is 1. The predicted octanol–water partition coefficient (Wildman–Crippen LogP) is 2.81. The summed E-state index contributed by atoms with van der Waals surface area (Å²) in [4.78, 5) is 19.3. The molecule has 0 aliphatic heterocycles. The van der Waals surface area contributed by atoms with Crippen LogP contribution in [0.25, 0.3) is 21.8 Å². The Morgan fingerprint density at radius 3 is 2.95 bits per heavy atom. The molecule has 4 nitrogen and oxygen atoms in total. The van der Waals surface area contributed by atoms with E-state index in [0.29, 0.717) is 18.7 Å². The summed E-state index contributed by atoms with van der Waals surface area (Å²) in [5.74, 6) is -0.273. The van der Waals surface area contributed by atoms with Crippen LogP contribution in [0.5, 0.6) is 0 Å². The summed E-state index contributed by atoms with van der Waals surface area (Å²) in [6.07, 6.45) is 1.97. The van der Waals surface area contributed by atoms with E-state index in [4.69, 9.17) is 0 Å². The zero-order valence-corrected chi connectivity index (χ0v) is 10.8. The summed E-state index contributed by atoms with van der Waals surface area (Å²) in [5.41, 5.74) is 2.26. The molecule has 0 bridgehead atoms. The van der Waals surface area contributed by atoms with Gasteiger partial charge in [-0.2, -0.15) is 0 Å². The van der Waals surface area contributed by atoms with Gasteiger partial charge in [0.05, 0.1) is 18.4 Å². The van der Waals surface area contributed by atoms with Crippen LogP contribution in [0.1, 0.15) is 16.9 Å². The number of aromatic nitrogens is 2. The van der Waals surface area contributed by atoms with Crippen molar-refractivity contribution in [3.05, 3.63) is 42.2 Å². The van der Waals surface area contributed by atoms with Crippen LogP contribution in [0.3, 0.4) is 0 Å². The van der Waals surface area contributed by atoms with Crippen molar-refractivity contribution in [3.8, 4) is 0 Å². The van der Waals surface area contributed by atoms with Crippen LogP contribution >= 0.6 is 0 Å². The number of alkyl halides is 1. The van der Waals surface area contributed by atoms with Crippen molar-refractivity contribution >= 4 is 27.7 Å². The number of halogens is 1. The zero-order chi connectivity index (χ0) is 13.9. The van der Waals surface area contributed by atoms with Crippen molar-refractivity contribution in [1.82, 2.24) is 15.3 Å². The first-order valence-electron chi connectivity index (χ1n) is 6.50. The topological polar surface area (TPSA) is 57.8 Å². The second kappa shape index (κ2) is 5.28. The highest BCUT2D eigenvalue weighted by atomic mass is 19.1. The van der Waals surface area contributed by atoms with Crippen LogP contribution in [0, 0.1) is 0 Å². The third kappa shape index (κ3) is 2.22. The number of H-pyrrole nitrogens is 1. The molecule has 0 saturated heterocycles. The van der Waals surface area contributed by atoms with Gasteiger partial charge < -0.3 is 10.3 Å². The van der Waals surface area contributed by atoms with Gasteiger partial charge in [0, 0.05) is 22.8 Å². The number of fused-ring (bicyclic) bond motifs is 3. The Balaban J connectivity index is 1.97. The van der Waals surface area contributed by atoms with Gasteiger partial charge in [0.25, 0.3) is 5.91 Å². The van der Waals surface area contributed by atoms with Crippen molar-refractivity contribution in [2.45, 2.75) is 6.42 Å². The Bertz CT molecular complexity index is 766. The molecule has 3 aromatic rings. The molecular formula is C15H14FN3O. The first-order chi connectivity index (χ1) is 9.79. The minimum absolute atomic E-state index is 0.273. The lowest BCUT2D eigenvalue weighted by atomic mass is 10.1. The van der Waals surface area contributed by atoms with Crippen molar-refractivity contribution in [2.75, 3.05) is 13.2 Å². The standard InChI is InChI=1S/C15H14FN3O/c16-6-3-7-17-15(20)13-8-11-10-4-1-2-5-12(10)19-14(11)9-18-13/h1-2,4-5,8-9,19H,3,6-7H2,(H,17,20). The number of hydrogen-bond acceptors (Lipinski definition) is 2. The Morgan fingerprint density at radius 2 is 2.10 bits per heavy atom. The van der Waals surface area contributed by atoms with Gasteiger partial charge in [0.15, 0.2) is 0 Å². The van der Waals surface area contributed by atoms with E-state index >= 15 is 0 Å². The maximum absolute atomic E-state index is 12.0. The second-order valence-electron chi connectivity index (χ2n) is 4.58. The Morgan fingerprint density at radius 1 is 1.25 bits per heavy atom. The number of rotatable bonds is 4. The summed E-state index contributed by atoms with van der Waals surface area (Å²) in [5, 5.41) is 4.68. The first kappa shape index (κ1) is 12.6. The normalized spacial score (nSPS) is 11.1. The number of benzene rings is 1. The molecule has 2 heterocycles. The molecule has 0 radical (unpaired) electrons. The largest absolute Gasteiger partial charge is 0.353 e. The van der Waals surface area contributed by atoms with Crippen LogP contribution in [0.15, 0.2) is 36.5 Å². The maximum Gasteiger partial charge on any atom is 0.269 e. The van der Waals surface area contributed by atoms with E-state index in [0.717, 1.165) is 21.8 Å². The van der Waals surface area contributed by atoms with Gasteiger partial charge in [-0.1, -0.05) is 18.2 Å². The van der Waals surface area contributed by atoms with Crippen LogP contribution in [-0.4, -0.2) is 29.1 Å². The SMILES string of the molecule is O=C(NCCCF)c1cc2c(cn1)[nH]c1ccccc12. The molecule has 20 heavy (non-hydrogen) atoms. The summed E-state index contributed by atoms with van der Waals surface area (Å²) in [7, 11) is 0. The molecule has 0 fully saturated rings. The summed E-state index contributed by atoms with van der Waals surface area (Å²) in [6, 6.07) is 9.65. The molecular weight excluding hydrogens is 257 g/mol. The number of hydrogen-bond donors (Lipinski definition) is 2. The van der Waals surface area contributed by atoms with Gasteiger partial charge >= 0.3 is 0 Å². The van der Waals surface area contributed by atoms with Crippen LogP contribution in [-0.2, 0) is 0 Å². The highest BCUT2D eigenvalue weighted by molar-refractivity contribution is 6.09. The van der Waals surface area contributed by atoms with Gasteiger partial charge in [0.1, 0.15) is 5.69 Å². The second-order valence-corrected chi connectivity index (χ2v) is 4.58. The lowest BCUT2D eigenvalue weighted by Gasteiger charge is -2.03. The van der Waals surface area contributed by atoms with Gasteiger partial charge in [-0.3, -0.25) is 9.18 Å². The number of pyridine rings is 1. The van der Waals surface area contributed by atoms with E-state index in [1.165, 1.54) is 0 Å². The fourth-order valence-corrected chi connectivity index (χ4v) is 2.23. The lowest BCUT2D eigenvalue weighted by molar-refractivity contribution is 0.0948. The van der Waals surface area contributed by atoms with Crippen molar-refractivity contribution in [2.24, 2.45) is 0 Å². The number of aromatic amines is 1. The number of nitrogens with zero attached hydrogens (tertiary/aromatic N) is 1. The van der Waals surface area contributed by atoms with Gasteiger partial charge in [-0.15, -0.1) is 0 Å². The first-order valence-corrected chi connectivity index (χ1v) is 6.50. The third-order valence-electron chi connectivity index (χ3n) is 3.22. The number of nitrogens with one attached hydrogen (secondary N) is 2. The van der Waals surface area contributed by atoms with E-state index in [-0.39, 0.29) is 5.91 Å². The van der Waals surface area contributed by atoms with E-state index in [1.54, 1.807) is 12.3 Å². The van der Waals surface area contributed by atoms with E-state index in [2.05, 4.69) is 15.3 Å².